The summed E-state index contributed by atoms with van der Waals surface area (Å²) in [6.45, 7) is 3.26. The number of hydrogen-bond donors (Lipinski definition) is 0. The van der Waals surface area contributed by atoms with Gasteiger partial charge in [-0.3, -0.25) is 4.57 Å². The van der Waals surface area contributed by atoms with Gasteiger partial charge in [-0.25, -0.2) is 9.98 Å². The molecule has 3 aliphatic heterocycles. The second-order valence-electron chi connectivity index (χ2n) is 7.08. The molecule has 142 valence electrons. The van der Waals surface area contributed by atoms with Gasteiger partial charge in [-0.2, -0.15) is 10.1 Å². The largest absolute Gasteiger partial charge is 0.378 e. The lowest BCUT2D eigenvalue weighted by Gasteiger charge is -2.34. The number of imidazole rings is 1. The molecule has 3 aliphatic rings. The van der Waals surface area contributed by atoms with Crippen molar-refractivity contribution in [3.63, 3.8) is 0 Å². The van der Waals surface area contributed by atoms with Crippen LogP contribution >= 0.6 is 11.6 Å². The predicted molar refractivity (Wildman–Crippen MR) is 103 cm³/mol. The zero-order valence-corrected chi connectivity index (χ0v) is 15.9. The lowest BCUT2D eigenvalue weighted by Crippen LogP contribution is -2.51. The highest BCUT2D eigenvalue weighted by atomic mass is 35.5. The minimum Gasteiger partial charge on any atom is -0.378 e. The topological polar surface area (TPSA) is 76.6 Å². The van der Waals surface area contributed by atoms with Gasteiger partial charge in [0.25, 0.3) is 0 Å². The van der Waals surface area contributed by atoms with E-state index in [2.05, 4.69) is 22.2 Å². The zero-order chi connectivity index (χ0) is 18.8. The number of benzene rings is 1. The summed E-state index contributed by atoms with van der Waals surface area (Å²) >= 11 is 6.39. The molecule has 0 amide bonds. The van der Waals surface area contributed by atoms with E-state index in [0.29, 0.717) is 12.0 Å². The summed E-state index contributed by atoms with van der Waals surface area (Å²) in [5, 5.41) is 13.1. The van der Waals surface area contributed by atoms with Crippen molar-refractivity contribution in [2.45, 2.75) is 25.4 Å². The van der Waals surface area contributed by atoms with E-state index in [-0.39, 0.29) is 12.0 Å². The van der Waals surface area contributed by atoms with Crippen LogP contribution in [0.15, 0.2) is 41.7 Å². The van der Waals surface area contributed by atoms with E-state index in [1.165, 1.54) is 0 Å². The number of rotatable bonds is 2. The minimum absolute atomic E-state index is 0.151. The number of fused-ring (bicyclic) bond motifs is 6. The van der Waals surface area contributed by atoms with Crippen molar-refractivity contribution in [3.05, 3.63) is 53.2 Å². The monoisotopic (exact) mass is 396 g/mol. The fourth-order valence-corrected chi connectivity index (χ4v) is 4.40. The van der Waals surface area contributed by atoms with Gasteiger partial charge in [0.15, 0.2) is 18.3 Å². The van der Waals surface area contributed by atoms with Gasteiger partial charge < -0.3 is 4.74 Å². The highest BCUT2D eigenvalue weighted by Gasteiger charge is 2.38. The number of hydrazine groups is 1. The van der Waals surface area contributed by atoms with Crippen LogP contribution in [-0.2, 0) is 4.74 Å². The van der Waals surface area contributed by atoms with Gasteiger partial charge in [-0.15, -0.1) is 9.89 Å². The third kappa shape index (κ3) is 2.11. The van der Waals surface area contributed by atoms with Crippen molar-refractivity contribution in [3.8, 4) is 5.69 Å². The third-order valence-electron chi connectivity index (χ3n) is 5.57. The lowest BCUT2D eigenvalue weighted by molar-refractivity contribution is 0.118. The number of ether oxygens (including phenoxy) is 1. The maximum atomic E-state index is 6.39. The standard InChI is InChI=1S/C18H17ClN8O/c1-11-12(6-7-28-11)14-9-24(23-22-14)25-10-21-17-13-4-2-3-5-15(13)26-16(27(17)25)8-20-18(26)19/h2-5,8-9,11-12H,6-7,10H2,1H3. The smallest absolute Gasteiger partial charge is 0.209 e. The average Bonchev–Trinajstić information content (AvgIpc) is 3.46. The molecule has 0 spiro atoms. The summed E-state index contributed by atoms with van der Waals surface area (Å²) in [6.07, 6.45) is 4.81. The quantitative estimate of drug-likeness (QED) is 0.660. The average molecular weight is 397 g/mol. The molecule has 10 heteroatoms. The van der Waals surface area contributed by atoms with E-state index in [0.717, 1.165) is 41.6 Å². The summed E-state index contributed by atoms with van der Waals surface area (Å²) in [5.74, 6) is 1.92. The van der Waals surface area contributed by atoms with Crippen molar-refractivity contribution in [2.75, 3.05) is 23.4 Å². The van der Waals surface area contributed by atoms with Crippen LogP contribution in [0.5, 0.6) is 0 Å². The predicted octanol–water partition coefficient (Wildman–Crippen LogP) is 2.10. The molecule has 9 nitrogen and oxygen atoms in total. The van der Waals surface area contributed by atoms with E-state index in [4.69, 9.17) is 21.3 Å². The van der Waals surface area contributed by atoms with Crippen molar-refractivity contribution >= 4 is 23.3 Å². The summed E-state index contributed by atoms with van der Waals surface area (Å²) in [7, 11) is 0. The Bertz CT molecular complexity index is 1100. The summed E-state index contributed by atoms with van der Waals surface area (Å²) in [6, 6.07) is 8.03. The second kappa shape index (κ2) is 5.79. The number of para-hydroxylation sites is 1. The van der Waals surface area contributed by atoms with Crippen LogP contribution in [0.1, 0.15) is 30.5 Å². The molecule has 3 aromatic rings. The first-order valence-corrected chi connectivity index (χ1v) is 9.59. The fourth-order valence-electron chi connectivity index (χ4n) is 4.17. The molecule has 0 radical (unpaired) electrons. The van der Waals surface area contributed by atoms with E-state index in [1.54, 1.807) is 11.0 Å². The minimum atomic E-state index is 0.151. The van der Waals surface area contributed by atoms with Crippen LogP contribution in [0.25, 0.3) is 5.69 Å². The van der Waals surface area contributed by atoms with Crippen molar-refractivity contribution in [1.29, 1.82) is 0 Å². The Hall–Kier alpha value is -2.91. The molecular formula is C18H17ClN8O. The Labute approximate surface area is 165 Å². The molecule has 2 aromatic heterocycles. The molecule has 5 heterocycles. The van der Waals surface area contributed by atoms with Crippen LogP contribution in [0.4, 0.5) is 5.82 Å². The van der Waals surface area contributed by atoms with Crippen LogP contribution in [-0.4, -0.2) is 49.9 Å². The van der Waals surface area contributed by atoms with Crippen molar-refractivity contribution in [1.82, 2.24) is 24.7 Å². The van der Waals surface area contributed by atoms with Crippen molar-refractivity contribution < 1.29 is 4.74 Å². The number of anilines is 1. The number of aliphatic imine (C=N–C) groups is 1. The highest BCUT2D eigenvalue weighted by Crippen LogP contribution is 2.36. The molecular weight excluding hydrogens is 380 g/mol. The van der Waals surface area contributed by atoms with E-state index in [9.17, 15) is 0 Å². The normalized spacial score (nSPS) is 22.9. The first-order valence-electron chi connectivity index (χ1n) is 9.21. The second-order valence-corrected chi connectivity index (χ2v) is 7.42. The number of hydrogen-bond acceptors (Lipinski definition) is 7. The summed E-state index contributed by atoms with van der Waals surface area (Å²) in [4.78, 5) is 10.8. The molecule has 2 atom stereocenters. The van der Waals surface area contributed by atoms with E-state index in [1.807, 2.05) is 45.2 Å². The van der Waals surface area contributed by atoms with Gasteiger partial charge in [0.05, 0.1) is 29.9 Å². The van der Waals surface area contributed by atoms with Gasteiger partial charge in [-0.05, 0) is 42.3 Å². The number of halogens is 1. The third-order valence-corrected chi connectivity index (χ3v) is 5.84. The van der Waals surface area contributed by atoms with E-state index < -0.39 is 0 Å². The van der Waals surface area contributed by atoms with Gasteiger partial charge in [-0.1, -0.05) is 12.1 Å². The van der Waals surface area contributed by atoms with Crippen molar-refractivity contribution in [2.24, 2.45) is 4.99 Å². The van der Waals surface area contributed by atoms with Gasteiger partial charge in [0, 0.05) is 18.1 Å². The molecule has 28 heavy (non-hydrogen) atoms. The molecule has 1 saturated heterocycles. The van der Waals surface area contributed by atoms with Crippen LogP contribution in [0.2, 0.25) is 5.28 Å². The number of amidine groups is 1. The molecule has 0 N–H and O–H groups in total. The van der Waals surface area contributed by atoms with Gasteiger partial charge in [0.1, 0.15) is 0 Å². The van der Waals surface area contributed by atoms with Gasteiger partial charge in [0.2, 0.25) is 5.28 Å². The molecule has 1 fully saturated rings. The number of aromatic nitrogens is 5. The first-order chi connectivity index (χ1) is 13.7. The number of nitrogens with zero attached hydrogens (tertiary/aromatic N) is 8. The molecule has 6 rings (SSSR count). The van der Waals surface area contributed by atoms with Crippen LogP contribution < -0.4 is 10.1 Å². The lowest BCUT2D eigenvalue weighted by atomic mass is 10.00. The van der Waals surface area contributed by atoms with Gasteiger partial charge >= 0.3 is 0 Å². The molecule has 0 bridgehead atoms. The Balaban J connectivity index is 1.42. The maximum Gasteiger partial charge on any atom is 0.209 e. The molecule has 1 aromatic carbocycles. The molecule has 0 saturated carbocycles. The zero-order valence-electron chi connectivity index (χ0n) is 15.1. The van der Waals surface area contributed by atoms with Crippen LogP contribution in [0, 0.1) is 0 Å². The Morgan fingerprint density at radius 2 is 2.14 bits per heavy atom. The summed E-state index contributed by atoms with van der Waals surface area (Å²) in [5.41, 5.74) is 2.89. The summed E-state index contributed by atoms with van der Waals surface area (Å²) < 4.78 is 7.59. The first kappa shape index (κ1) is 16.1. The van der Waals surface area contributed by atoms with Crippen LogP contribution in [0.3, 0.4) is 0 Å². The Morgan fingerprint density at radius 1 is 1.25 bits per heavy atom. The Morgan fingerprint density at radius 3 is 3.00 bits per heavy atom. The fraction of sp³-hybridized carbons (Fsp3) is 0.333. The Kier molecular flexibility index (Phi) is 3.33. The highest BCUT2D eigenvalue weighted by molar-refractivity contribution is 6.29. The van der Waals surface area contributed by atoms with E-state index >= 15 is 0 Å². The molecule has 0 aliphatic carbocycles. The SMILES string of the molecule is CC1OCCC1c1cn(N2CN=C3c4ccccc4-n4c(cnc4Cl)N32)nn1. The maximum absolute atomic E-state index is 6.39. The molecule has 2 unspecified atom stereocenters.